The van der Waals surface area contributed by atoms with Gasteiger partial charge in [-0.1, -0.05) is 0 Å². The molecule has 3 N–H and O–H groups in total. The number of halogens is 2. The molecule has 0 spiro atoms. The number of nitrogens with zero attached hydrogens (tertiary/aromatic N) is 1. The van der Waals surface area contributed by atoms with E-state index in [1.807, 2.05) is 0 Å². The van der Waals surface area contributed by atoms with Gasteiger partial charge in [0, 0.05) is 11.6 Å². The Hall–Kier alpha value is -1.12. The van der Waals surface area contributed by atoms with E-state index in [2.05, 4.69) is 4.98 Å². The van der Waals surface area contributed by atoms with Crippen molar-refractivity contribution in [2.24, 2.45) is 5.84 Å². The van der Waals surface area contributed by atoms with Gasteiger partial charge in [-0.3, -0.25) is 10.8 Å². The fraction of sp³-hybridized carbons (Fsp3) is 0.100. The molecule has 0 radical (unpaired) electrons. The van der Waals surface area contributed by atoms with Crippen molar-refractivity contribution in [3.63, 3.8) is 0 Å². The molecule has 0 saturated heterocycles. The maximum atomic E-state index is 11.7. The van der Waals surface area contributed by atoms with Crippen LogP contribution in [0.1, 0.15) is 0 Å². The van der Waals surface area contributed by atoms with Crippen molar-refractivity contribution in [1.29, 1.82) is 0 Å². The number of fused-ring (bicyclic) bond motifs is 1. The molecule has 0 unspecified atom stereocenters. The molecule has 106 valence electrons. The molecule has 0 saturated carbocycles. The first-order chi connectivity index (χ1) is 8.10. The number of methoxy groups -OCH3 is 1. The molecule has 0 aliphatic rings. The third kappa shape index (κ3) is 3.26. The van der Waals surface area contributed by atoms with Crippen molar-refractivity contribution in [3.05, 3.63) is 30.5 Å². The summed E-state index contributed by atoms with van der Waals surface area (Å²) >= 11 is 0. The Balaban J connectivity index is 0.00000162. The van der Waals surface area contributed by atoms with Crippen LogP contribution in [0.2, 0.25) is 0 Å². The van der Waals surface area contributed by atoms with Crippen molar-refractivity contribution in [3.8, 4) is 5.75 Å². The highest BCUT2D eigenvalue weighted by Crippen LogP contribution is 2.28. The van der Waals surface area contributed by atoms with Crippen LogP contribution < -0.4 is 15.4 Å². The minimum absolute atomic E-state index is 0. The summed E-state index contributed by atoms with van der Waals surface area (Å²) in [6.07, 6.45) is 1.57. The van der Waals surface area contributed by atoms with Crippen LogP contribution in [0.5, 0.6) is 5.75 Å². The quantitative estimate of drug-likeness (QED) is 0.654. The van der Waals surface area contributed by atoms with Crippen molar-refractivity contribution >= 4 is 45.7 Å². The molecule has 0 amide bonds. The van der Waals surface area contributed by atoms with E-state index < -0.39 is 10.0 Å². The van der Waals surface area contributed by atoms with Gasteiger partial charge in [-0.25, -0.2) is 8.42 Å². The monoisotopic (exact) mass is 325 g/mol. The Morgan fingerprint density at radius 1 is 1.26 bits per heavy atom. The number of pyridine rings is 1. The van der Waals surface area contributed by atoms with Crippen LogP contribution in [0.3, 0.4) is 0 Å². The van der Waals surface area contributed by atoms with E-state index in [-0.39, 0.29) is 29.7 Å². The lowest BCUT2D eigenvalue weighted by Crippen LogP contribution is -2.30. The van der Waals surface area contributed by atoms with E-state index in [1.165, 1.54) is 13.2 Å². The van der Waals surface area contributed by atoms with Gasteiger partial charge in [-0.05, 0) is 24.3 Å². The number of hydrogen-bond acceptors (Lipinski definition) is 5. The first-order valence-electron chi connectivity index (χ1n) is 4.74. The normalized spacial score (nSPS) is 10.4. The van der Waals surface area contributed by atoms with Gasteiger partial charge in [0.05, 0.1) is 12.0 Å². The summed E-state index contributed by atoms with van der Waals surface area (Å²) in [7, 11) is -2.22. The van der Waals surface area contributed by atoms with Crippen LogP contribution in [0, 0.1) is 0 Å². The molecule has 1 aromatic carbocycles. The second kappa shape index (κ2) is 6.88. The smallest absolute Gasteiger partial charge is 0.253 e. The summed E-state index contributed by atoms with van der Waals surface area (Å²) in [5.74, 6) is 5.52. The minimum Gasteiger partial charge on any atom is -0.494 e. The van der Waals surface area contributed by atoms with Crippen LogP contribution in [0.4, 0.5) is 0 Å². The molecule has 19 heavy (non-hydrogen) atoms. The Bertz CT molecular complexity index is 664. The molecular formula is C10H13Cl2N3O3S. The van der Waals surface area contributed by atoms with Crippen molar-refractivity contribution in [2.75, 3.05) is 7.11 Å². The number of benzene rings is 1. The fourth-order valence-corrected chi connectivity index (χ4v) is 2.41. The fourth-order valence-electron chi connectivity index (χ4n) is 1.58. The Morgan fingerprint density at radius 2 is 1.95 bits per heavy atom. The van der Waals surface area contributed by atoms with Crippen LogP contribution in [0.15, 0.2) is 35.4 Å². The molecule has 0 aliphatic heterocycles. The van der Waals surface area contributed by atoms with Crippen LogP contribution in [-0.4, -0.2) is 20.5 Å². The van der Waals surface area contributed by atoms with Crippen LogP contribution in [0.25, 0.3) is 10.9 Å². The number of hydrazine groups is 1. The SMILES string of the molecule is COc1ccc(S(=O)(=O)NN)c2cccnc12.Cl.Cl. The number of sulfonamides is 1. The summed E-state index contributed by atoms with van der Waals surface area (Å²) in [6.45, 7) is 0. The lowest BCUT2D eigenvalue weighted by molar-refractivity contribution is 0.418. The molecule has 0 bridgehead atoms. The molecule has 0 aliphatic carbocycles. The van der Waals surface area contributed by atoms with E-state index in [0.29, 0.717) is 16.7 Å². The topological polar surface area (TPSA) is 94.3 Å². The first-order valence-corrected chi connectivity index (χ1v) is 6.22. The van der Waals surface area contributed by atoms with Gasteiger partial charge in [-0.15, -0.1) is 24.8 Å². The third-order valence-corrected chi connectivity index (χ3v) is 3.60. The van der Waals surface area contributed by atoms with Gasteiger partial charge in [-0.2, -0.15) is 4.83 Å². The molecule has 0 atom stereocenters. The molecule has 2 rings (SSSR count). The number of nitrogens with one attached hydrogen (secondary N) is 1. The third-order valence-electron chi connectivity index (χ3n) is 2.36. The Kier molecular flexibility index (Phi) is 6.47. The van der Waals surface area contributed by atoms with E-state index >= 15 is 0 Å². The predicted molar refractivity (Wildman–Crippen MR) is 77.3 cm³/mol. The molecule has 1 heterocycles. The molecule has 1 aromatic heterocycles. The predicted octanol–water partition coefficient (Wildman–Crippen LogP) is 1.24. The Morgan fingerprint density at radius 3 is 2.53 bits per heavy atom. The van der Waals surface area contributed by atoms with Crippen molar-refractivity contribution < 1.29 is 13.2 Å². The molecule has 9 heteroatoms. The van der Waals surface area contributed by atoms with Gasteiger partial charge < -0.3 is 4.74 Å². The zero-order valence-corrected chi connectivity index (χ0v) is 12.3. The van der Waals surface area contributed by atoms with Crippen molar-refractivity contribution in [2.45, 2.75) is 4.90 Å². The minimum atomic E-state index is -3.72. The van der Waals surface area contributed by atoms with Gasteiger partial charge in [0.25, 0.3) is 10.0 Å². The van der Waals surface area contributed by atoms with Crippen LogP contribution >= 0.6 is 24.8 Å². The lowest BCUT2D eigenvalue weighted by Gasteiger charge is -2.09. The zero-order chi connectivity index (χ0) is 12.5. The van der Waals surface area contributed by atoms with Crippen molar-refractivity contribution in [1.82, 2.24) is 9.82 Å². The molecule has 0 fully saturated rings. The Labute approximate surface area is 123 Å². The summed E-state index contributed by atoms with van der Waals surface area (Å²) in [4.78, 5) is 5.97. The summed E-state index contributed by atoms with van der Waals surface area (Å²) in [5.41, 5.74) is 0.478. The standard InChI is InChI=1S/C10H11N3O3S.2ClH/c1-16-8-4-5-9(17(14,15)13-11)7-3-2-6-12-10(7)8;;/h2-6,13H,11H2,1H3;2*1H. The second-order valence-electron chi connectivity index (χ2n) is 3.29. The highest BCUT2D eigenvalue weighted by molar-refractivity contribution is 7.89. The average Bonchev–Trinajstić information content (AvgIpc) is 2.37. The van der Waals surface area contributed by atoms with Crippen LogP contribution in [-0.2, 0) is 10.0 Å². The summed E-state index contributed by atoms with van der Waals surface area (Å²) < 4.78 is 28.5. The van der Waals surface area contributed by atoms with Gasteiger partial charge >= 0.3 is 0 Å². The average molecular weight is 326 g/mol. The van der Waals surface area contributed by atoms with E-state index in [9.17, 15) is 8.42 Å². The van der Waals surface area contributed by atoms with E-state index in [0.717, 1.165) is 0 Å². The summed E-state index contributed by atoms with van der Waals surface area (Å²) in [5, 5.41) is 0.463. The van der Waals surface area contributed by atoms with E-state index in [1.54, 1.807) is 29.2 Å². The number of nitrogens with two attached hydrogens (primary N) is 1. The lowest BCUT2D eigenvalue weighted by atomic mass is 10.2. The molecule has 6 nitrogen and oxygen atoms in total. The number of hydrogen-bond donors (Lipinski definition) is 2. The van der Waals surface area contributed by atoms with E-state index in [4.69, 9.17) is 10.6 Å². The zero-order valence-electron chi connectivity index (χ0n) is 9.86. The number of ether oxygens (including phenoxy) is 1. The highest BCUT2D eigenvalue weighted by Gasteiger charge is 2.17. The maximum absolute atomic E-state index is 11.7. The first kappa shape index (κ1) is 17.9. The van der Waals surface area contributed by atoms with Gasteiger partial charge in [0.15, 0.2) is 0 Å². The largest absolute Gasteiger partial charge is 0.494 e. The number of rotatable bonds is 3. The summed E-state index contributed by atoms with van der Waals surface area (Å²) in [6, 6.07) is 6.27. The van der Waals surface area contributed by atoms with Gasteiger partial charge in [0.1, 0.15) is 11.3 Å². The van der Waals surface area contributed by atoms with Gasteiger partial charge in [0.2, 0.25) is 0 Å². The highest BCUT2D eigenvalue weighted by atomic mass is 35.5. The molecule has 2 aromatic rings. The maximum Gasteiger partial charge on any atom is 0.253 e. The molecular weight excluding hydrogens is 313 g/mol. The second-order valence-corrected chi connectivity index (χ2v) is 4.97. The number of aromatic nitrogens is 1.